The van der Waals surface area contributed by atoms with Crippen molar-refractivity contribution in [1.82, 2.24) is 9.97 Å². The molecule has 25 heavy (non-hydrogen) atoms. The largest absolute Gasteiger partial charge is 0.365 e. The third kappa shape index (κ3) is 2.81. The molecule has 1 aromatic heterocycles. The van der Waals surface area contributed by atoms with Crippen molar-refractivity contribution in [1.29, 1.82) is 5.26 Å². The van der Waals surface area contributed by atoms with Crippen LogP contribution in [0.25, 0.3) is 0 Å². The Hall–Kier alpha value is -2.98. The number of rotatable bonds is 2. The average molecular weight is 335 g/mol. The van der Waals surface area contributed by atoms with Crippen LogP contribution in [0.5, 0.6) is 0 Å². The van der Waals surface area contributed by atoms with Gasteiger partial charge in [-0.2, -0.15) is 5.26 Å². The van der Waals surface area contributed by atoms with Crippen LogP contribution in [0.4, 0.5) is 11.5 Å². The molecule has 2 aromatic rings. The number of anilines is 2. The Labute approximate surface area is 145 Å². The maximum absolute atomic E-state index is 13.0. The molecule has 126 valence electrons. The quantitative estimate of drug-likeness (QED) is 0.818. The van der Waals surface area contributed by atoms with Crippen molar-refractivity contribution in [3.63, 3.8) is 0 Å². The van der Waals surface area contributed by atoms with Gasteiger partial charge in [0.1, 0.15) is 6.07 Å². The van der Waals surface area contributed by atoms with Crippen LogP contribution >= 0.6 is 0 Å². The number of ether oxygens (including phenoxy) is 1. The molecule has 0 saturated carbocycles. The normalized spacial score (nSPS) is 19.4. The second-order valence-corrected chi connectivity index (χ2v) is 6.01. The molecule has 1 aromatic carbocycles. The summed E-state index contributed by atoms with van der Waals surface area (Å²) in [5.41, 5.74) is 2.41. The fourth-order valence-electron chi connectivity index (χ4n) is 3.37. The van der Waals surface area contributed by atoms with E-state index < -0.39 is 6.10 Å². The number of carbonyl (C=O) groups excluding carboxylic acids is 1. The monoisotopic (exact) mass is 335 g/mol. The van der Waals surface area contributed by atoms with Crippen LogP contribution in [-0.2, 0) is 16.0 Å². The molecule has 7 nitrogen and oxygen atoms in total. The highest BCUT2D eigenvalue weighted by Crippen LogP contribution is 2.29. The number of benzene rings is 1. The Morgan fingerprint density at radius 2 is 2.08 bits per heavy atom. The van der Waals surface area contributed by atoms with Crippen molar-refractivity contribution < 1.29 is 9.53 Å². The number of nitriles is 1. The summed E-state index contributed by atoms with van der Waals surface area (Å²) in [5.74, 6) is 0.463. The highest BCUT2D eigenvalue weighted by Gasteiger charge is 2.34. The van der Waals surface area contributed by atoms with Gasteiger partial charge in [-0.15, -0.1) is 0 Å². The van der Waals surface area contributed by atoms with Gasteiger partial charge in [-0.25, -0.2) is 9.97 Å². The highest BCUT2D eigenvalue weighted by molar-refractivity contribution is 5.98. The van der Waals surface area contributed by atoms with Crippen molar-refractivity contribution in [2.45, 2.75) is 12.5 Å². The summed E-state index contributed by atoms with van der Waals surface area (Å²) >= 11 is 0. The number of para-hydroxylation sites is 1. The van der Waals surface area contributed by atoms with E-state index in [0.29, 0.717) is 32.1 Å². The summed E-state index contributed by atoms with van der Waals surface area (Å²) in [6.45, 7) is 2.03. The van der Waals surface area contributed by atoms with E-state index in [9.17, 15) is 10.1 Å². The third-order valence-electron chi connectivity index (χ3n) is 4.58. The van der Waals surface area contributed by atoms with Crippen LogP contribution in [0.1, 0.15) is 11.3 Å². The summed E-state index contributed by atoms with van der Waals surface area (Å²) in [5, 5.41) is 9.22. The Balaban J connectivity index is 1.54. The predicted molar refractivity (Wildman–Crippen MR) is 91.2 cm³/mol. The molecular weight excluding hydrogens is 318 g/mol. The van der Waals surface area contributed by atoms with Gasteiger partial charge in [0.2, 0.25) is 0 Å². The van der Waals surface area contributed by atoms with Crippen LogP contribution in [0, 0.1) is 11.3 Å². The summed E-state index contributed by atoms with van der Waals surface area (Å²) in [7, 11) is 0. The van der Waals surface area contributed by atoms with Gasteiger partial charge in [-0.05, 0) is 18.1 Å². The van der Waals surface area contributed by atoms with Crippen molar-refractivity contribution in [2.24, 2.45) is 0 Å². The fourth-order valence-corrected chi connectivity index (χ4v) is 3.37. The molecule has 1 amide bonds. The molecule has 1 unspecified atom stereocenters. The van der Waals surface area contributed by atoms with E-state index in [1.807, 2.05) is 23.1 Å². The Morgan fingerprint density at radius 3 is 2.96 bits per heavy atom. The smallest absolute Gasteiger partial charge is 0.257 e. The van der Waals surface area contributed by atoms with Crippen molar-refractivity contribution in [3.05, 3.63) is 47.9 Å². The first kappa shape index (κ1) is 15.5. The van der Waals surface area contributed by atoms with Gasteiger partial charge in [0.15, 0.2) is 17.6 Å². The summed E-state index contributed by atoms with van der Waals surface area (Å²) in [4.78, 5) is 25.0. The lowest BCUT2D eigenvalue weighted by atomic mass is 10.2. The minimum atomic E-state index is -0.576. The number of carbonyl (C=O) groups is 1. The first-order valence-corrected chi connectivity index (χ1v) is 8.25. The Morgan fingerprint density at radius 1 is 1.24 bits per heavy atom. The van der Waals surface area contributed by atoms with E-state index in [1.54, 1.807) is 11.1 Å². The molecule has 4 rings (SSSR count). The molecule has 1 atom stereocenters. The molecule has 7 heteroatoms. The van der Waals surface area contributed by atoms with E-state index >= 15 is 0 Å². The van der Waals surface area contributed by atoms with Crippen molar-refractivity contribution in [3.8, 4) is 6.07 Å². The van der Waals surface area contributed by atoms with E-state index in [4.69, 9.17) is 4.74 Å². The molecule has 0 bridgehead atoms. The zero-order chi connectivity index (χ0) is 17.2. The third-order valence-corrected chi connectivity index (χ3v) is 4.58. The van der Waals surface area contributed by atoms with Crippen LogP contribution in [0.15, 0.2) is 36.7 Å². The lowest BCUT2D eigenvalue weighted by Crippen LogP contribution is -2.51. The minimum Gasteiger partial charge on any atom is -0.365 e. The SMILES string of the molecule is N#Cc1nccnc1N1CCOC(C(=O)N2CCc3ccccc32)C1. The highest BCUT2D eigenvalue weighted by atomic mass is 16.5. The second-order valence-electron chi connectivity index (χ2n) is 6.01. The van der Waals surface area contributed by atoms with Crippen molar-refractivity contribution in [2.75, 3.05) is 36.0 Å². The zero-order valence-corrected chi connectivity index (χ0v) is 13.6. The van der Waals surface area contributed by atoms with Gasteiger partial charge in [0, 0.05) is 31.2 Å². The van der Waals surface area contributed by atoms with Gasteiger partial charge < -0.3 is 14.5 Å². The first-order valence-electron chi connectivity index (χ1n) is 8.25. The lowest BCUT2D eigenvalue weighted by molar-refractivity contribution is -0.130. The van der Waals surface area contributed by atoms with Crippen LogP contribution < -0.4 is 9.80 Å². The molecule has 1 saturated heterocycles. The van der Waals surface area contributed by atoms with Crippen LogP contribution in [0.3, 0.4) is 0 Å². The number of morpholine rings is 1. The first-order chi connectivity index (χ1) is 12.3. The van der Waals surface area contributed by atoms with Gasteiger partial charge in [-0.1, -0.05) is 18.2 Å². The van der Waals surface area contributed by atoms with Gasteiger partial charge in [-0.3, -0.25) is 4.79 Å². The Kier molecular flexibility index (Phi) is 4.04. The number of amides is 1. The molecule has 0 radical (unpaired) electrons. The number of nitrogens with zero attached hydrogens (tertiary/aromatic N) is 5. The topological polar surface area (TPSA) is 82.4 Å². The van der Waals surface area contributed by atoms with Crippen molar-refractivity contribution >= 4 is 17.4 Å². The van der Waals surface area contributed by atoms with Gasteiger partial charge in [0.05, 0.1) is 13.2 Å². The number of aromatic nitrogens is 2. The molecule has 2 aliphatic heterocycles. The van der Waals surface area contributed by atoms with E-state index in [0.717, 1.165) is 12.1 Å². The summed E-state index contributed by atoms with van der Waals surface area (Å²) in [6, 6.07) is 10.0. The number of fused-ring (bicyclic) bond motifs is 1. The van der Waals surface area contributed by atoms with Gasteiger partial charge in [0.25, 0.3) is 5.91 Å². The minimum absolute atomic E-state index is 0.0444. The van der Waals surface area contributed by atoms with E-state index in [-0.39, 0.29) is 11.6 Å². The number of hydrogen-bond acceptors (Lipinski definition) is 6. The van der Waals surface area contributed by atoms with Crippen LogP contribution in [-0.4, -0.2) is 48.2 Å². The summed E-state index contributed by atoms with van der Waals surface area (Å²) in [6.07, 6.45) is 3.33. The maximum Gasteiger partial charge on any atom is 0.257 e. The lowest BCUT2D eigenvalue weighted by Gasteiger charge is -2.34. The molecule has 1 fully saturated rings. The summed E-state index contributed by atoms with van der Waals surface area (Å²) < 4.78 is 5.73. The molecule has 0 spiro atoms. The number of hydrogen-bond donors (Lipinski definition) is 0. The Bertz CT molecular complexity index is 847. The molecule has 0 N–H and O–H groups in total. The van der Waals surface area contributed by atoms with Crippen LogP contribution in [0.2, 0.25) is 0 Å². The van der Waals surface area contributed by atoms with E-state index in [1.165, 1.54) is 11.8 Å². The average Bonchev–Trinajstić information content (AvgIpc) is 3.11. The zero-order valence-electron chi connectivity index (χ0n) is 13.6. The van der Waals surface area contributed by atoms with E-state index in [2.05, 4.69) is 22.1 Å². The molecule has 2 aliphatic rings. The molecular formula is C18H17N5O2. The standard InChI is InChI=1S/C18H17N5O2/c19-11-14-17(21-7-6-20-14)22-9-10-25-16(12-22)18(24)23-8-5-13-3-1-2-4-15(13)23/h1-4,6-7,16H,5,8-10,12H2. The predicted octanol–water partition coefficient (Wildman–Crippen LogP) is 1.14. The maximum atomic E-state index is 13.0. The molecule has 3 heterocycles. The second kappa shape index (κ2) is 6.49. The fraction of sp³-hybridized carbons (Fsp3) is 0.333. The molecule has 0 aliphatic carbocycles. The van der Waals surface area contributed by atoms with Gasteiger partial charge >= 0.3 is 0 Å².